The van der Waals surface area contributed by atoms with Crippen LogP contribution in [0.2, 0.25) is 0 Å². The van der Waals surface area contributed by atoms with Gasteiger partial charge in [0.05, 0.1) is 19.9 Å². The Morgan fingerprint density at radius 1 is 0.733 bits per heavy atom. The van der Waals surface area contributed by atoms with E-state index in [0.29, 0.717) is 17.2 Å². The molecule has 1 aromatic heterocycles. The van der Waals surface area contributed by atoms with Gasteiger partial charge in [-0.05, 0) is 35.4 Å². The largest absolute Gasteiger partial charge is 0.493 e. The molecule has 0 atom stereocenters. The number of aromatic nitrogens is 2. The fourth-order valence-electron chi connectivity index (χ4n) is 3.51. The maximum Gasteiger partial charge on any atom is 0.267 e. The lowest BCUT2D eigenvalue weighted by Crippen LogP contribution is -2.28. The lowest BCUT2D eigenvalue weighted by molar-refractivity contribution is 0.355. The van der Waals surface area contributed by atoms with Gasteiger partial charge in [0.15, 0.2) is 11.5 Å². The molecule has 0 spiro atoms. The van der Waals surface area contributed by atoms with Gasteiger partial charge in [0.2, 0.25) is 0 Å². The first-order valence-electron chi connectivity index (χ1n) is 9.63. The average molecular weight is 398 g/mol. The minimum absolute atomic E-state index is 0.170. The van der Waals surface area contributed by atoms with Crippen molar-refractivity contribution in [3.63, 3.8) is 0 Å². The zero-order valence-corrected chi connectivity index (χ0v) is 16.9. The molecule has 0 unspecified atom stereocenters. The zero-order chi connectivity index (χ0) is 20.9. The maximum atomic E-state index is 12.9. The van der Waals surface area contributed by atoms with Gasteiger partial charge in [-0.3, -0.25) is 4.79 Å². The molecule has 30 heavy (non-hydrogen) atoms. The number of methoxy groups -OCH3 is 2. The molecule has 0 fully saturated rings. The minimum atomic E-state index is -0.333. The molecular weight excluding hydrogens is 376 g/mol. The Hall–Kier alpha value is -3.86. The highest BCUT2D eigenvalue weighted by Gasteiger charge is 2.19. The first-order valence-corrected chi connectivity index (χ1v) is 9.63. The van der Waals surface area contributed by atoms with Gasteiger partial charge in [-0.25, -0.2) is 4.68 Å². The lowest BCUT2D eigenvalue weighted by atomic mass is 9.99. The van der Waals surface area contributed by atoms with Gasteiger partial charge in [-0.15, -0.1) is 0 Å². The normalized spacial score (nSPS) is 10.8. The number of benzene rings is 3. The molecule has 1 heterocycles. The molecule has 4 rings (SSSR count). The summed E-state index contributed by atoms with van der Waals surface area (Å²) in [5.74, 6) is 1.25. The minimum Gasteiger partial charge on any atom is -0.493 e. The standard InChI is InChI=1S/C25H22N2O3/c1-29-22-15-13-20(17-23(22)30-2)21-14-16-24(28)27(26-21)25(18-9-5-3-6-10-18)19-11-7-4-8-12-19/h3-17,25H,1-2H3. The van der Waals surface area contributed by atoms with Crippen molar-refractivity contribution in [2.24, 2.45) is 0 Å². The molecule has 5 heteroatoms. The summed E-state index contributed by atoms with van der Waals surface area (Å²) in [5.41, 5.74) is 3.32. The van der Waals surface area contributed by atoms with E-state index in [1.54, 1.807) is 26.4 Å². The van der Waals surface area contributed by atoms with E-state index in [0.717, 1.165) is 16.7 Å². The van der Waals surface area contributed by atoms with Crippen molar-refractivity contribution in [1.82, 2.24) is 9.78 Å². The van der Waals surface area contributed by atoms with Gasteiger partial charge >= 0.3 is 0 Å². The second kappa shape index (κ2) is 8.66. The van der Waals surface area contributed by atoms with E-state index >= 15 is 0 Å². The molecule has 5 nitrogen and oxygen atoms in total. The van der Waals surface area contributed by atoms with Crippen molar-refractivity contribution in [2.75, 3.05) is 14.2 Å². The average Bonchev–Trinajstić information content (AvgIpc) is 2.81. The van der Waals surface area contributed by atoms with Crippen molar-refractivity contribution < 1.29 is 9.47 Å². The predicted octanol–water partition coefficient (Wildman–Crippen LogP) is 4.57. The second-order valence-electron chi connectivity index (χ2n) is 6.80. The number of hydrogen-bond donors (Lipinski definition) is 0. The SMILES string of the molecule is COc1ccc(-c2ccc(=O)n(C(c3ccccc3)c3ccccc3)n2)cc1OC. The van der Waals surface area contributed by atoms with Crippen molar-refractivity contribution in [1.29, 1.82) is 0 Å². The Bertz CT molecular complexity index is 1150. The van der Waals surface area contributed by atoms with Crippen LogP contribution in [0.4, 0.5) is 0 Å². The zero-order valence-electron chi connectivity index (χ0n) is 16.9. The molecule has 150 valence electrons. The first kappa shape index (κ1) is 19.5. The molecule has 0 aliphatic heterocycles. The van der Waals surface area contributed by atoms with Crippen LogP contribution < -0.4 is 15.0 Å². The van der Waals surface area contributed by atoms with Crippen LogP contribution in [0.5, 0.6) is 11.5 Å². The lowest BCUT2D eigenvalue weighted by Gasteiger charge is -2.20. The summed E-state index contributed by atoms with van der Waals surface area (Å²) in [4.78, 5) is 12.9. The van der Waals surface area contributed by atoms with E-state index in [4.69, 9.17) is 14.6 Å². The number of ether oxygens (including phenoxy) is 2. The molecule has 4 aromatic rings. The van der Waals surface area contributed by atoms with Crippen LogP contribution in [0, 0.1) is 0 Å². The Balaban J connectivity index is 1.87. The van der Waals surface area contributed by atoms with Crippen molar-refractivity contribution in [2.45, 2.75) is 6.04 Å². The fourth-order valence-corrected chi connectivity index (χ4v) is 3.51. The molecular formula is C25H22N2O3. The quantitative estimate of drug-likeness (QED) is 0.478. The molecule has 0 bridgehead atoms. The molecule has 0 saturated heterocycles. The van der Waals surface area contributed by atoms with Crippen LogP contribution in [0.15, 0.2) is 95.8 Å². The Morgan fingerprint density at radius 3 is 1.90 bits per heavy atom. The summed E-state index contributed by atoms with van der Waals surface area (Å²) >= 11 is 0. The third-order valence-corrected chi connectivity index (χ3v) is 4.98. The van der Waals surface area contributed by atoms with E-state index in [1.165, 1.54) is 4.68 Å². The van der Waals surface area contributed by atoms with Gasteiger partial charge in [-0.2, -0.15) is 5.10 Å². The molecule has 0 amide bonds. The topological polar surface area (TPSA) is 53.4 Å². The monoisotopic (exact) mass is 398 g/mol. The van der Waals surface area contributed by atoms with Crippen molar-refractivity contribution in [3.05, 3.63) is 112 Å². The van der Waals surface area contributed by atoms with Crippen LogP contribution in [0.3, 0.4) is 0 Å². The van der Waals surface area contributed by atoms with E-state index in [-0.39, 0.29) is 11.6 Å². The third-order valence-electron chi connectivity index (χ3n) is 4.98. The van der Waals surface area contributed by atoms with E-state index < -0.39 is 0 Å². The van der Waals surface area contributed by atoms with Gasteiger partial charge in [0.1, 0.15) is 6.04 Å². The van der Waals surface area contributed by atoms with E-state index in [2.05, 4.69) is 0 Å². The second-order valence-corrected chi connectivity index (χ2v) is 6.80. The highest BCUT2D eigenvalue weighted by molar-refractivity contribution is 5.63. The number of rotatable bonds is 6. The summed E-state index contributed by atoms with van der Waals surface area (Å²) in [6.45, 7) is 0. The molecule has 0 aliphatic carbocycles. The summed E-state index contributed by atoms with van der Waals surface area (Å²) in [6, 6.07) is 28.4. The Kier molecular flexibility index (Phi) is 5.61. The Morgan fingerprint density at radius 2 is 1.33 bits per heavy atom. The van der Waals surface area contributed by atoms with Gasteiger partial charge in [0.25, 0.3) is 5.56 Å². The smallest absolute Gasteiger partial charge is 0.267 e. The van der Waals surface area contributed by atoms with E-state index in [9.17, 15) is 4.79 Å². The van der Waals surface area contributed by atoms with Gasteiger partial charge < -0.3 is 9.47 Å². The highest BCUT2D eigenvalue weighted by atomic mass is 16.5. The summed E-state index contributed by atoms with van der Waals surface area (Å²) in [7, 11) is 3.19. The number of nitrogens with zero attached hydrogens (tertiary/aromatic N) is 2. The first-order chi connectivity index (χ1) is 14.7. The van der Waals surface area contributed by atoms with Crippen LogP contribution in [-0.2, 0) is 0 Å². The molecule has 0 saturated carbocycles. The summed E-state index contributed by atoms with van der Waals surface area (Å²) in [5, 5.41) is 4.73. The molecule has 0 aliphatic rings. The predicted molar refractivity (Wildman–Crippen MR) is 117 cm³/mol. The third kappa shape index (κ3) is 3.82. The fraction of sp³-hybridized carbons (Fsp3) is 0.120. The van der Waals surface area contributed by atoms with Crippen LogP contribution >= 0.6 is 0 Å². The molecule has 0 N–H and O–H groups in total. The Labute approximate surface area is 175 Å². The van der Waals surface area contributed by atoms with Crippen molar-refractivity contribution >= 4 is 0 Å². The molecule has 3 aromatic carbocycles. The summed E-state index contributed by atoms with van der Waals surface area (Å²) < 4.78 is 12.3. The van der Waals surface area contributed by atoms with Crippen LogP contribution in [-0.4, -0.2) is 24.0 Å². The summed E-state index contributed by atoms with van der Waals surface area (Å²) in [6.07, 6.45) is 0. The molecule has 0 radical (unpaired) electrons. The van der Waals surface area contributed by atoms with Gasteiger partial charge in [0, 0.05) is 11.6 Å². The van der Waals surface area contributed by atoms with E-state index in [1.807, 2.05) is 78.9 Å². The number of hydrogen-bond acceptors (Lipinski definition) is 4. The maximum absolute atomic E-state index is 12.9. The van der Waals surface area contributed by atoms with Crippen molar-refractivity contribution in [3.8, 4) is 22.8 Å². The van der Waals surface area contributed by atoms with Gasteiger partial charge in [-0.1, -0.05) is 60.7 Å². The van der Waals surface area contributed by atoms with Crippen LogP contribution in [0.25, 0.3) is 11.3 Å². The van der Waals surface area contributed by atoms with Crippen LogP contribution in [0.1, 0.15) is 17.2 Å². The highest BCUT2D eigenvalue weighted by Crippen LogP contribution is 2.32.